The van der Waals surface area contributed by atoms with Crippen LogP contribution in [0.15, 0.2) is 0 Å². The second-order valence-electron chi connectivity index (χ2n) is 13.1. The number of aliphatic carboxylic acids is 2. The summed E-state index contributed by atoms with van der Waals surface area (Å²) < 4.78 is 0. The fourth-order valence-corrected chi connectivity index (χ4v) is 10.1. The second-order valence-corrected chi connectivity index (χ2v) is 13.1. The minimum atomic E-state index is -0.879. The van der Waals surface area contributed by atoms with Crippen molar-refractivity contribution in [3.8, 4) is 0 Å². The molecule has 4 nitrogen and oxygen atoms in total. The summed E-state index contributed by atoms with van der Waals surface area (Å²) in [6.45, 7) is 10.0. The zero-order chi connectivity index (χ0) is 24.0. The molecule has 6 unspecified atom stereocenters. The summed E-state index contributed by atoms with van der Waals surface area (Å²) in [6, 6.07) is 0. The van der Waals surface area contributed by atoms with E-state index >= 15 is 0 Å². The van der Waals surface area contributed by atoms with Crippen molar-refractivity contribution >= 4 is 11.9 Å². The lowest BCUT2D eigenvalue weighted by Crippen LogP contribution is -2.54. The van der Waals surface area contributed by atoms with E-state index < -0.39 is 17.9 Å². The van der Waals surface area contributed by atoms with E-state index in [1.165, 1.54) is 51.4 Å². The molecule has 0 saturated heterocycles. The van der Waals surface area contributed by atoms with Gasteiger partial charge in [0.15, 0.2) is 0 Å². The number of rotatable bonds is 8. The topological polar surface area (TPSA) is 74.6 Å². The average Bonchev–Trinajstić information content (AvgIpc) is 3.11. The molecule has 4 heteroatoms. The molecule has 4 saturated carbocycles. The van der Waals surface area contributed by atoms with Crippen molar-refractivity contribution in [2.75, 3.05) is 0 Å². The summed E-state index contributed by atoms with van der Waals surface area (Å²) >= 11 is 0. The minimum absolute atomic E-state index is 0.0298. The molecule has 33 heavy (non-hydrogen) atoms. The summed E-state index contributed by atoms with van der Waals surface area (Å²) in [5, 5.41) is 18.9. The van der Waals surface area contributed by atoms with Crippen LogP contribution in [0.4, 0.5) is 0 Å². The van der Waals surface area contributed by atoms with Gasteiger partial charge in [0, 0.05) is 6.42 Å². The van der Waals surface area contributed by atoms with Gasteiger partial charge in [-0.1, -0.05) is 40.5 Å². The van der Waals surface area contributed by atoms with Gasteiger partial charge in [-0.15, -0.1) is 0 Å². The largest absolute Gasteiger partial charge is 0.481 e. The van der Waals surface area contributed by atoms with Gasteiger partial charge >= 0.3 is 11.9 Å². The van der Waals surface area contributed by atoms with Crippen LogP contribution in [0, 0.1) is 58.2 Å². The van der Waals surface area contributed by atoms with Gasteiger partial charge in [-0.3, -0.25) is 9.59 Å². The van der Waals surface area contributed by atoms with Crippen LogP contribution in [0.3, 0.4) is 0 Å². The number of hydrogen-bond donors (Lipinski definition) is 2. The van der Waals surface area contributed by atoms with E-state index in [0.717, 1.165) is 48.9 Å². The van der Waals surface area contributed by atoms with Crippen molar-refractivity contribution in [3.63, 3.8) is 0 Å². The zero-order valence-electron chi connectivity index (χ0n) is 21.5. The number of fused-ring (bicyclic) bond motifs is 5. The smallest absolute Gasteiger partial charge is 0.306 e. The van der Waals surface area contributed by atoms with Crippen molar-refractivity contribution in [2.24, 2.45) is 58.2 Å². The lowest BCUT2D eigenvalue weighted by molar-refractivity contribution is -0.150. The SMILES string of the molecule is CCC[C@@H](C)[C@H]1CCC2C3CCC4CC(C(CCC(=O)O)C(=O)O)CC[C@]4(C)C3CC[C@@]21C. The highest BCUT2D eigenvalue weighted by Crippen LogP contribution is 2.69. The molecule has 0 aliphatic heterocycles. The van der Waals surface area contributed by atoms with Gasteiger partial charge in [-0.2, -0.15) is 0 Å². The molecule has 0 radical (unpaired) electrons. The van der Waals surface area contributed by atoms with E-state index in [9.17, 15) is 14.7 Å². The van der Waals surface area contributed by atoms with Crippen LogP contribution in [-0.4, -0.2) is 22.2 Å². The van der Waals surface area contributed by atoms with Crippen molar-refractivity contribution in [2.45, 2.75) is 111 Å². The predicted molar refractivity (Wildman–Crippen MR) is 131 cm³/mol. The Hall–Kier alpha value is -1.06. The zero-order valence-corrected chi connectivity index (χ0v) is 21.5. The molecule has 0 aromatic rings. The van der Waals surface area contributed by atoms with Gasteiger partial charge < -0.3 is 10.2 Å². The fourth-order valence-electron chi connectivity index (χ4n) is 10.1. The van der Waals surface area contributed by atoms with Crippen molar-refractivity contribution in [1.29, 1.82) is 0 Å². The summed E-state index contributed by atoms with van der Waals surface area (Å²) in [6.07, 6.45) is 14.2. The third kappa shape index (κ3) is 4.38. The Morgan fingerprint density at radius 3 is 2.27 bits per heavy atom. The van der Waals surface area contributed by atoms with Crippen LogP contribution in [0.2, 0.25) is 0 Å². The van der Waals surface area contributed by atoms with E-state index in [-0.39, 0.29) is 18.8 Å². The van der Waals surface area contributed by atoms with E-state index in [2.05, 4.69) is 27.7 Å². The van der Waals surface area contributed by atoms with Crippen LogP contribution in [0.5, 0.6) is 0 Å². The van der Waals surface area contributed by atoms with Crippen LogP contribution in [-0.2, 0) is 9.59 Å². The lowest BCUT2D eigenvalue weighted by atomic mass is 9.43. The molecule has 0 bridgehead atoms. The van der Waals surface area contributed by atoms with Gasteiger partial charge in [0.25, 0.3) is 0 Å². The Balaban J connectivity index is 1.47. The first-order chi connectivity index (χ1) is 15.6. The third-order valence-corrected chi connectivity index (χ3v) is 11.8. The predicted octanol–water partition coefficient (Wildman–Crippen LogP) is 7.26. The Morgan fingerprint density at radius 2 is 1.61 bits per heavy atom. The summed E-state index contributed by atoms with van der Waals surface area (Å²) in [5.74, 6) is 2.91. The van der Waals surface area contributed by atoms with Crippen molar-refractivity contribution in [3.05, 3.63) is 0 Å². The molecule has 10 atom stereocenters. The first-order valence-corrected chi connectivity index (χ1v) is 14.1. The molecular formula is C29H48O4. The normalized spacial score (nSPS) is 44.2. The molecule has 0 amide bonds. The Bertz CT molecular complexity index is 733. The van der Waals surface area contributed by atoms with Crippen LogP contribution in [0.1, 0.15) is 111 Å². The maximum atomic E-state index is 12.0. The van der Waals surface area contributed by atoms with Gasteiger partial charge in [-0.05, 0) is 116 Å². The maximum Gasteiger partial charge on any atom is 0.306 e. The first-order valence-electron chi connectivity index (χ1n) is 14.1. The van der Waals surface area contributed by atoms with Crippen LogP contribution < -0.4 is 0 Å². The standard InChI is InChI=1S/C29H48O4/c1-5-6-18(2)23-10-11-24-22-8-7-20-17-19(21(27(32)33)9-12-26(30)31)13-15-28(20,3)25(22)14-16-29(23,24)4/h18-25H,5-17H2,1-4H3,(H,30,31)(H,32,33)/t18-,19?,20?,21?,22?,23-,24?,25?,28+,29-/m1/s1. The average molecular weight is 461 g/mol. The van der Waals surface area contributed by atoms with E-state index in [1.54, 1.807) is 0 Å². The molecular weight excluding hydrogens is 412 g/mol. The molecule has 0 heterocycles. The molecule has 0 spiro atoms. The molecule has 0 aromatic carbocycles. The molecule has 4 fully saturated rings. The van der Waals surface area contributed by atoms with Crippen molar-refractivity contribution < 1.29 is 19.8 Å². The number of carboxylic acid groups (broad SMARTS) is 2. The molecule has 188 valence electrons. The minimum Gasteiger partial charge on any atom is -0.481 e. The molecule has 4 rings (SSSR count). The van der Waals surface area contributed by atoms with E-state index in [4.69, 9.17) is 5.11 Å². The van der Waals surface area contributed by atoms with Crippen LogP contribution >= 0.6 is 0 Å². The van der Waals surface area contributed by atoms with Gasteiger partial charge in [0.05, 0.1) is 5.92 Å². The van der Waals surface area contributed by atoms with E-state index in [0.29, 0.717) is 16.7 Å². The van der Waals surface area contributed by atoms with Gasteiger partial charge in [0.1, 0.15) is 0 Å². The number of carbonyl (C=O) groups is 2. The highest BCUT2D eigenvalue weighted by Gasteiger charge is 2.60. The monoisotopic (exact) mass is 460 g/mol. The van der Waals surface area contributed by atoms with Crippen molar-refractivity contribution in [1.82, 2.24) is 0 Å². The quantitative estimate of drug-likeness (QED) is 0.399. The molecule has 4 aliphatic carbocycles. The summed E-state index contributed by atoms with van der Waals surface area (Å²) in [5.41, 5.74) is 0.880. The first kappa shape index (κ1) is 25.0. The van der Waals surface area contributed by atoms with Gasteiger partial charge in [0.2, 0.25) is 0 Å². The summed E-state index contributed by atoms with van der Waals surface area (Å²) in [7, 11) is 0. The van der Waals surface area contributed by atoms with E-state index in [1.807, 2.05) is 0 Å². The Morgan fingerprint density at radius 1 is 0.909 bits per heavy atom. The summed E-state index contributed by atoms with van der Waals surface area (Å²) in [4.78, 5) is 23.0. The fraction of sp³-hybridized carbons (Fsp3) is 0.931. The highest BCUT2D eigenvalue weighted by molar-refractivity contribution is 5.72. The van der Waals surface area contributed by atoms with Crippen LogP contribution in [0.25, 0.3) is 0 Å². The molecule has 2 N–H and O–H groups in total. The Labute approximate surface area is 201 Å². The number of hydrogen-bond acceptors (Lipinski definition) is 2. The second kappa shape index (κ2) is 9.53. The Kier molecular flexibility index (Phi) is 7.23. The highest BCUT2D eigenvalue weighted by atomic mass is 16.4. The molecule has 4 aliphatic rings. The third-order valence-electron chi connectivity index (χ3n) is 11.8. The lowest BCUT2D eigenvalue weighted by Gasteiger charge is -2.61. The number of carboxylic acids is 2. The maximum absolute atomic E-state index is 12.0. The van der Waals surface area contributed by atoms with Gasteiger partial charge in [-0.25, -0.2) is 0 Å². The molecule has 0 aromatic heterocycles.